The van der Waals surface area contributed by atoms with Crippen molar-refractivity contribution >= 4 is 23.2 Å². The van der Waals surface area contributed by atoms with Crippen LogP contribution in [-0.2, 0) is 27.4 Å². The molecule has 5 atom stereocenters. The Bertz CT molecular complexity index is 1670. The van der Waals surface area contributed by atoms with Gasteiger partial charge in [0.2, 0.25) is 5.78 Å². The molecule has 0 spiro atoms. The molecule has 2 aromatic rings. The van der Waals surface area contributed by atoms with E-state index in [1.807, 2.05) is 43.3 Å². The van der Waals surface area contributed by atoms with Gasteiger partial charge < -0.3 is 35.8 Å². The molecule has 0 unspecified atom stereocenters. The number of ether oxygens (including phenoxy) is 2. The Morgan fingerprint density at radius 1 is 1.17 bits per heavy atom. The highest BCUT2D eigenvalue weighted by molar-refractivity contribution is 6.24. The molecule has 4 aliphatic rings. The number of likely N-dealkylation sites (tertiary alicyclic amines) is 1. The van der Waals surface area contributed by atoms with Crippen LogP contribution in [0.3, 0.4) is 0 Å². The zero-order chi connectivity index (χ0) is 33.6. The van der Waals surface area contributed by atoms with E-state index in [0.29, 0.717) is 30.0 Å². The lowest BCUT2D eigenvalue weighted by Crippen LogP contribution is -2.66. The molecule has 6 rings (SSSR count). The first-order chi connectivity index (χ1) is 22.6. The standard InChI is InChI=1S/C36H43N3O8/c1-4-13-38-29-23-16-20-15-22-27(30(40)26(20)33(42)36(23,45)34(43)28(31(29)41)35(37)44)25(47-18-19-10-7-6-8-11-19)17-21(32(22)46-3)24-12-9-14-39(24)5-2/h6-8,10-11,17,20,23-24,29,38,40,43,45H,4-5,9,12-16,18H2,1-3H3,(H2,37,44)/t20-,23-,24-,29-,36-/m0/s1. The van der Waals surface area contributed by atoms with E-state index in [0.717, 1.165) is 37.1 Å². The number of benzene rings is 2. The molecule has 1 saturated carbocycles. The zero-order valence-electron chi connectivity index (χ0n) is 27.0. The molecule has 1 amide bonds. The van der Waals surface area contributed by atoms with Crippen LogP contribution in [0, 0.1) is 11.8 Å². The van der Waals surface area contributed by atoms with Gasteiger partial charge in [0.15, 0.2) is 11.4 Å². The van der Waals surface area contributed by atoms with Crippen LogP contribution in [0.25, 0.3) is 5.76 Å². The van der Waals surface area contributed by atoms with Crippen LogP contribution in [0.5, 0.6) is 11.5 Å². The van der Waals surface area contributed by atoms with Gasteiger partial charge in [0, 0.05) is 28.7 Å². The number of nitrogens with two attached hydrogens (primary N) is 1. The molecule has 3 aliphatic carbocycles. The lowest BCUT2D eigenvalue weighted by Gasteiger charge is -2.49. The van der Waals surface area contributed by atoms with Gasteiger partial charge in [0.1, 0.15) is 35.2 Å². The lowest BCUT2D eigenvalue weighted by atomic mass is 9.57. The molecular formula is C36H43N3O8. The van der Waals surface area contributed by atoms with Crippen molar-refractivity contribution in [3.05, 3.63) is 75.6 Å². The van der Waals surface area contributed by atoms with Crippen LogP contribution in [0.15, 0.2) is 53.3 Å². The highest BCUT2D eigenvalue weighted by Gasteiger charge is 2.63. The van der Waals surface area contributed by atoms with E-state index in [1.165, 1.54) is 0 Å². The molecular weight excluding hydrogens is 602 g/mol. The number of aliphatic hydroxyl groups excluding tert-OH is 2. The Hall–Kier alpha value is -4.19. The number of methoxy groups -OCH3 is 1. The van der Waals surface area contributed by atoms with E-state index in [1.54, 1.807) is 7.11 Å². The molecule has 1 heterocycles. The maximum Gasteiger partial charge on any atom is 0.255 e. The number of hydrogen-bond donors (Lipinski definition) is 5. The first-order valence-electron chi connectivity index (χ1n) is 16.4. The Kier molecular flexibility index (Phi) is 8.90. The van der Waals surface area contributed by atoms with Gasteiger partial charge in [0.05, 0.1) is 18.7 Å². The van der Waals surface area contributed by atoms with Gasteiger partial charge in [-0.25, -0.2) is 0 Å². The van der Waals surface area contributed by atoms with Crippen molar-refractivity contribution in [1.82, 2.24) is 10.2 Å². The highest BCUT2D eigenvalue weighted by Crippen LogP contribution is 2.55. The van der Waals surface area contributed by atoms with E-state index < -0.39 is 52.3 Å². The van der Waals surface area contributed by atoms with E-state index >= 15 is 0 Å². The number of carbonyl (C=O) groups excluding carboxylic acids is 3. The van der Waals surface area contributed by atoms with Gasteiger partial charge in [-0.1, -0.05) is 44.2 Å². The average Bonchev–Trinajstić information content (AvgIpc) is 3.54. The number of amides is 1. The largest absolute Gasteiger partial charge is 0.508 e. The zero-order valence-corrected chi connectivity index (χ0v) is 27.0. The van der Waals surface area contributed by atoms with Gasteiger partial charge in [-0.15, -0.1) is 0 Å². The van der Waals surface area contributed by atoms with Crippen LogP contribution in [-0.4, -0.2) is 76.1 Å². The summed E-state index contributed by atoms with van der Waals surface area (Å²) in [6.45, 7) is 6.36. The second kappa shape index (κ2) is 12.8. The number of hydrogen-bond acceptors (Lipinski definition) is 10. The SMILES string of the molecule is CCCN[C@@H]1C(=O)C(C(N)=O)=C(O)[C@@]2(O)C(=O)C3=C(O)c4c(OCc5ccccc5)cc([C@@H]5CCCN5CC)c(OC)c4C[C@H]3C[C@@H]12. The molecule has 0 bridgehead atoms. The number of Topliss-reactive ketones (excluding diaryl/α,β-unsaturated/α-hetero) is 2. The maximum atomic E-state index is 14.4. The van der Waals surface area contributed by atoms with Crippen molar-refractivity contribution in [2.45, 2.75) is 70.2 Å². The van der Waals surface area contributed by atoms with Crippen molar-refractivity contribution in [2.24, 2.45) is 17.6 Å². The van der Waals surface area contributed by atoms with E-state index in [9.17, 15) is 29.7 Å². The minimum absolute atomic E-state index is 0.0579. The van der Waals surface area contributed by atoms with Crippen molar-refractivity contribution in [1.29, 1.82) is 0 Å². The minimum atomic E-state index is -2.65. The van der Waals surface area contributed by atoms with Crippen LogP contribution >= 0.6 is 0 Å². The molecule has 2 aromatic carbocycles. The van der Waals surface area contributed by atoms with E-state index in [2.05, 4.69) is 17.1 Å². The summed E-state index contributed by atoms with van der Waals surface area (Å²) in [6, 6.07) is 10.4. The number of nitrogens with zero attached hydrogens (tertiary/aromatic N) is 1. The van der Waals surface area contributed by atoms with Gasteiger partial charge in [-0.3, -0.25) is 19.3 Å². The summed E-state index contributed by atoms with van der Waals surface area (Å²) < 4.78 is 12.5. The number of carbonyl (C=O) groups is 3. The van der Waals surface area contributed by atoms with Gasteiger partial charge in [-0.05, 0) is 69.3 Å². The second-order valence-electron chi connectivity index (χ2n) is 12.9. The molecule has 47 heavy (non-hydrogen) atoms. The Balaban J connectivity index is 1.54. The number of ketones is 2. The molecule has 1 aliphatic heterocycles. The van der Waals surface area contributed by atoms with Gasteiger partial charge >= 0.3 is 0 Å². The van der Waals surface area contributed by atoms with Gasteiger partial charge in [0.25, 0.3) is 5.91 Å². The first-order valence-corrected chi connectivity index (χ1v) is 16.4. The topological polar surface area (TPSA) is 172 Å². The number of aliphatic hydroxyl groups is 3. The summed E-state index contributed by atoms with van der Waals surface area (Å²) in [5.74, 6) is -5.21. The fraction of sp³-hybridized carbons (Fsp3) is 0.472. The summed E-state index contributed by atoms with van der Waals surface area (Å²) in [5.41, 5.74) is 4.74. The number of fused-ring (bicyclic) bond motifs is 3. The minimum Gasteiger partial charge on any atom is -0.508 e. The fourth-order valence-electron chi connectivity index (χ4n) is 8.16. The van der Waals surface area contributed by atoms with Crippen molar-refractivity contribution in [3.8, 4) is 11.5 Å². The predicted molar refractivity (Wildman–Crippen MR) is 174 cm³/mol. The smallest absolute Gasteiger partial charge is 0.255 e. The molecule has 250 valence electrons. The normalized spacial score (nSPS) is 27.4. The third-order valence-corrected chi connectivity index (χ3v) is 10.3. The molecule has 0 radical (unpaired) electrons. The Labute approximate surface area is 274 Å². The molecule has 11 heteroatoms. The third kappa shape index (κ3) is 5.21. The Morgan fingerprint density at radius 2 is 1.91 bits per heavy atom. The van der Waals surface area contributed by atoms with Crippen LogP contribution in [0.1, 0.15) is 67.8 Å². The van der Waals surface area contributed by atoms with Gasteiger partial charge in [-0.2, -0.15) is 0 Å². The monoisotopic (exact) mass is 645 g/mol. The molecule has 11 nitrogen and oxygen atoms in total. The molecule has 2 fully saturated rings. The van der Waals surface area contributed by atoms with Crippen LogP contribution in [0.2, 0.25) is 0 Å². The number of nitrogens with one attached hydrogen (secondary N) is 1. The fourth-order valence-corrected chi connectivity index (χ4v) is 8.16. The number of primary amides is 1. The summed E-state index contributed by atoms with van der Waals surface area (Å²) in [5, 5.41) is 38.4. The summed E-state index contributed by atoms with van der Waals surface area (Å²) in [6.07, 6.45) is 2.89. The Morgan fingerprint density at radius 3 is 2.57 bits per heavy atom. The molecule has 1 saturated heterocycles. The summed E-state index contributed by atoms with van der Waals surface area (Å²) >= 11 is 0. The quantitative estimate of drug-likeness (QED) is 0.241. The van der Waals surface area contributed by atoms with E-state index in [4.69, 9.17) is 15.2 Å². The summed E-state index contributed by atoms with van der Waals surface area (Å²) in [7, 11) is 1.59. The highest BCUT2D eigenvalue weighted by atomic mass is 16.5. The molecule has 6 N–H and O–H groups in total. The average molecular weight is 646 g/mol. The van der Waals surface area contributed by atoms with Crippen molar-refractivity contribution < 1.29 is 39.2 Å². The second-order valence-corrected chi connectivity index (χ2v) is 12.9. The van der Waals surface area contributed by atoms with Crippen molar-refractivity contribution in [2.75, 3.05) is 26.7 Å². The summed E-state index contributed by atoms with van der Waals surface area (Å²) in [4.78, 5) is 42.6. The maximum absolute atomic E-state index is 14.4. The van der Waals surface area contributed by atoms with Crippen LogP contribution in [0.4, 0.5) is 0 Å². The van der Waals surface area contributed by atoms with Crippen LogP contribution < -0.4 is 20.5 Å². The molecule has 0 aromatic heterocycles. The predicted octanol–water partition coefficient (Wildman–Crippen LogP) is 3.44. The van der Waals surface area contributed by atoms with E-state index in [-0.39, 0.29) is 42.4 Å². The lowest BCUT2D eigenvalue weighted by molar-refractivity contribution is -0.150. The third-order valence-electron chi connectivity index (χ3n) is 10.3. The number of rotatable bonds is 10. The van der Waals surface area contributed by atoms with Crippen molar-refractivity contribution in [3.63, 3.8) is 0 Å². The first kappa shape index (κ1) is 32.7.